The van der Waals surface area contributed by atoms with Crippen molar-refractivity contribution < 1.29 is 13.6 Å². The Kier molecular flexibility index (Phi) is 3.58. The van der Waals surface area contributed by atoms with Crippen molar-refractivity contribution in [2.75, 3.05) is 0 Å². The number of carbonyl (C=O) groups excluding carboxylic acids is 1. The molecule has 0 saturated carbocycles. The fourth-order valence-corrected chi connectivity index (χ4v) is 4.25. The molecule has 1 amide bonds. The van der Waals surface area contributed by atoms with Crippen molar-refractivity contribution in [3.63, 3.8) is 0 Å². The Labute approximate surface area is 143 Å². The van der Waals surface area contributed by atoms with Crippen LogP contribution < -0.4 is 5.32 Å². The van der Waals surface area contributed by atoms with Gasteiger partial charge >= 0.3 is 0 Å². The van der Waals surface area contributed by atoms with E-state index in [-0.39, 0.29) is 11.5 Å². The van der Waals surface area contributed by atoms with E-state index < -0.39 is 17.7 Å². The van der Waals surface area contributed by atoms with Crippen LogP contribution in [0.25, 0.3) is 15.3 Å². The zero-order chi connectivity index (χ0) is 16.8. The summed E-state index contributed by atoms with van der Waals surface area (Å²) in [6.07, 6.45) is 1.90. The topological polar surface area (TPSA) is 46.4 Å². The Morgan fingerprint density at radius 3 is 3.00 bits per heavy atom. The minimum absolute atomic E-state index is 0.117. The summed E-state index contributed by atoms with van der Waals surface area (Å²) in [7, 11) is 0. The molecule has 0 spiro atoms. The molecule has 24 heavy (non-hydrogen) atoms. The van der Waals surface area contributed by atoms with Crippen molar-refractivity contribution in [3.8, 4) is 0 Å². The number of amides is 1. The van der Waals surface area contributed by atoms with Crippen LogP contribution in [0.15, 0.2) is 35.8 Å². The van der Waals surface area contributed by atoms with E-state index in [2.05, 4.69) is 10.3 Å². The van der Waals surface area contributed by atoms with E-state index >= 15 is 0 Å². The lowest BCUT2D eigenvalue weighted by Gasteiger charge is -2.14. The summed E-state index contributed by atoms with van der Waals surface area (Å²) in [5.74, 6) is -1.42. The lowest BCUT2D eigenvalue weighted by atomic mass is 10.1. The summed E-state index contributed by atoms with van der Waals surface area (Å²) in [6.45, 7) is 1.62. The lowest BCUT2D eigenvalue weighted by molar-refractivity contribution is 0.0943. The number of aromatic nitrogens is 2. The van der Waals surface area contributed by atoms with Crippen LogP contribution in [0.5, 0.6) is 0 Å². The third-order valence-electron chi connectivity index (χ3n) is 3.74. The van der Waals surface area contributed by atoms with Crippen molar-refractivity contribution in [1.82, 2.24) is 14.7 Å². The highest BCUT2D eigenvalue weighted by atomic mass is 32.1. The van der Waals surface area contributed by atoms with Gasteiger partial charge in [0.2, 0.25) is 0 Å². The first-order valence-electron chi connectivity index (χ1n) is 7.14. The van der Waals surface area contributed by atoms with Gasteiger partial charge in [0.1, 0.15) is 16.5 Å². The minimum Gasteiger partial charge on any atom is -0.345 e. The molecule has 3 aromatic heterocycles. The second-order valence-electron chi connectivity index (χ2n) is 5.33. The van der Waals surface area contributed by atoms with Crippen molar-refractivity contribution in [3.05, 3.63) is 57.9 Å². The smallest absolute Gasteiger partial charge is 0.261 e. The number of carbonyl (C=O) groups is 1. The maximum atomic E-state index is 13.8. The molecular formula is C16H11F2N3OS2. The first-order valence-corrected chi connectivity index (χ1v) is 8.83. The molecule has 0 aliphatic carbocycles. The fraction of sp³-hybridized carbons (Fsp3) is 0.125. The van der Waals surface area contributed by atoms with Crippen LogP contribution >= 0.6 is 22.7 Å². The molecule has 122 valence electrons. The van der Waals surface area contributed by atoms with Gasteiger partial charge in [0.25, 0.3) is 5.91 Å². The Balaban J connectivity index is 1.61. The van der Waals surface area contributed by atoms with E-state index in [9.17, 15) is 13.6 Å². The van der Waals surface area contributed by atoms with Crippen molar-refractivity contribution >= 4 is 43.9 Å². The number of halogens is 2. The molecule has 4 rings (SSSR count). The average Bonchev–Trinajstić information content (AvgIpc) is 3.21. The van der Waals surface area contributed by atoms with E-state index in [0.29, 0.717) is 4.88 Å². The van der Waals surface area contributed by atoms with Crippen LogP contribution in [-0.2, 0) is 0 Å². The predicted octanol–water partition coefficient (Wildman–Crippen LogP) is 4.38. The molecule has 1 unspecified atom stereocenters. The number of benzene rings is 1. The largest absolute Gasteiger partial charge is 0.345 e. The highest BCUT2D eigenvalue weighted by Crippen LogP contribution is 2.28. The van der Waals surface area contributed by atoms with Crippen LogP contribution in [0.4, 0.5) is 8.78 Å². The highest BCUT2D eigenvalue weighted by Gasteiger charge is 2.19. The maximum absolute atomic E-state index is 13.8. The summed E-state index contributed by atoms with van der Waals surface area (Å²) < 4.78 is 29.0. The van der Waals surface area contributed by atoms with Gasteiger partial charge in [-0.25, -0.2) is 13.8 Å². The van der Waals surface area contributed by atoms with Crippen molar-refractivity contribution in [2.24, 2.45) is 0 Å². The van der Waals surface area contributed by atoms with Crippen LogP contribution in [0.2, 0.25) is 0 Å². The predicted molar refractivity (Wildman–Crippen MR) is 90.7 cm³/mol. The highest BCUT2D eigenvalue weighted by molar-refractivity contribution is 7.21. The lowest BCUT2D eigenvalue weighted by Crippen LogP contribution is -2.26. The van der Waals surface area contributed by atoms with Gasteiger partial charge in [-0.1, -0.05) is 0 Å². The number of thiazole rings is 1. The van der Waals surface area contributed by atoms with E-state index in [1.807, 2.05) is 16.0 Å². The molecule has 1 N–H and O–H groups in total. The molecule has 0 aliphatic heterocycles. The minimum atomic E-state index is -0.647. The van der Waals surface area contributed by atoms with E-state index in [0.717, 1.165) is 33.5 Å². The summed E-state index contributed by atoms with van der Waals surface area (Å²) in [4.78, 5) is 19.0. The molecule has 3 heterocycles. The van der Waals surface area contributed by atoms with Gasteiger partial charge in [0, 0.05) is 17.1 Å². The van der Waals surface area contributed by atoms with Gasteiger partial charge in [-0.15, -0.1) is 22.7 Å². The Hall–Kier alpha value is -2.32. The van der Waals surface area contributed by atoms with Crippen molar-refractivity contribution in [2.45, 2.75) is 13.0 Å². The zero-order valence-electron chi connectivity index (χ0n) is 12.4. The second kappa shape index (κ2) is 5.64. The van der Waals surface area contributed by atoms with Gasteiger partial charge in [0.05, 0.1) is 16.4 Å². The monoisotopic (exact) mass is 363 g/mol. The summed E-state index contributed by atoms with van der Waals surface area (Å²) in [5.41, 5.74) is 0.984. The normalized spacial score (nSPS) is 12.8. The molecule has 1 atom stereocenters. The second-order valence-corrected chi connectivity index (χ2v) is 7.23. The van der Waals surface area contributed by atoms with Crippen LogP contribution in [-0.4, -0.2) is 15.3 Å². The average molecular weight is 363 g/mol. The Morgan fingerprint density at radius 2 is 2.17 bits per heavy atom. The SMILES string of the molecule is CC(NC(=O)c1cc2c(nc3sccn32)s1)c1cc(F)ccc1F. The van der Waals surface area contributed by atoms with E-state index in [4.69, 9.17) is 0 Å². The maximum Gasteiger partial charge on any atom is 0.261 e. The molecule has 0 aliphatic rings. The van der Waals surface area contributed by atoms with Gasteiger partial charge in [-0.05, 0) is 31.2 Å². The number of nitrogens with zero attached hydrogens (tertiary/aromatic N) is 2. The molecule has 0 bridgehead atoms. The zero-order valence-corrected chi connectivity index (χ0v) is 14.0. The molecule has 0 fully saturated rings. The number of fused-ring (bicyclic) bond motifs is 3. The Morgan fingerprint density at radius 1 is 1.33 bits per heavy atom. The third kappa shape index (κ3) is 2.47. The number of hydrogen-bond donors (Lipinski definition) is 1. The van der Waals surface area contributed by atoms with E-state index in [1.165, 1.54) is 22.7 Å². The van der Waals surface area contributed by atoms with Crippen molar-refractivity contribution in [1.29, 1.82) is 0 Å². The standard InChI is InChI=1S/C16H11F2N3OS2/c1-8(10-6-9(17)2-3-11(10)18)19-14(22)13-7-12-15(24-13)20-16-21(12)4-5-23-16/h2-8H,1H3,(H,19,22). The van der Waals surface area contributed by atoms with Crippen LogP contribution in [0, 0.1) is 11.6 Å². The molecule has 8 heteroatoms. The fourth-order valence-electron chi connectivity index (χ4n) is 2.55. The number of imidazole rings is 1. The van der Waals surface area contributed by atoms with Crippen LogP contribution in [0.1, 0.15) is 28.2 Å². The van der Waals surface area contributed by atoms with E-state index in [1.54, 1.807) is 13.0 Å². The third-order valence-corrected chi connectivity index (χ3v) is 5.51. The van der Waals surface area contributed by atoms with Gasteiger partial charge < -0.3 is 5.32 Å². The first-order chi connectivity index (χ1) is 11.5. The molecule has 1 aromatic carbocycles. The van der Waals surface area contributed by atoms with Gasteiger partial charge in [0.15, 0.2) is 4.96 Å². The number of hydrogen-bond acceptors (Lipinski definition) is 4. The van der Waals surface area contributed by atoms with Crippen LogP contribution in [0.3, 0.4) is 0 Å². The van der Waals surface area contributed by atoms with Gasteiger partial charge in [-0.3, -0.25) is 9.20 Å². The molecule has 0 radical (unpaired) electrons. The summed E-state index contributed by atoms with van der Waals surface area (Å²) in [5, 5.41) is 4.63. The quantitative estimate of drug-likeness (QED) is 0.587. The molecular weight excluding hydrogens is 352 g/mol. The summed E-state index contributed by atoms with van der Waals surface area (Å²) >= 11 is 2.80. The number of rotatable bonds is 3. The number of nitrogens with one attached hydrogen (secondary N) is 1. The summed E-state index contributed by atoms with van der Waals surface area (Å²) in [6, 6.07) is 4.31. The Bertz CT molecular complexity index is 1070. The number of thiophene rings is 1. The molecule has 0 saturated heterocycles. The molecule has 4 aromatic rings. The van der Waals surface area contributed by atoms with Gasteiger partial charge in [-0.2, -0.15) is 0 Å². The molecule has 4 nitrogen and oxygen atoms in total. The first kappa shape index (κ1) is 15.2.